The summed E-state index contributed by atoms with van der Waals surface area (Å²) >= 11 is 0. The molecule has 33 heavy (non-hydrogen) atoms. The van der Waals surface area contributed by atoms with Gasteiger partial charge in [-0.05, 0) is 25.0 Å². The first-order valence-corrected chi connectivity index (χ1v) is 10.9. The SMILES string of the molecule is COC(=O)[C@@H](C[C@@H]1OC(C)(C)O[C@H]1COCc1ccccc1)NC(=O)OCc1ccccc1. The first-order chi connectivity index (χ1) is 15.9. The van der Waals surface area contributed by atoms with E-state index in [1.54, 1.807) is 13.8 Å². The van der Waals surface area contributed by atoms with Gasteiger partial charge in [-0.25, -0.2) is 9.59 Å². The summed E-state index contributed by atoms with van der Waals surface area (Å²) in [5.74, 6) is -1.44. The zero-order valence-corrected chi connectivity index (χ0v) is 19.2. The molecule has 1 amide bonds. The lowest BCUT2D eigenvalue weighted by Gasteiger charge is -2.22. The molecule has 1 aliphatic rings. The van der Waals surface area contributed by atoms with Crippen molar-refractivity contribution < 1.29 is 33.3 Å². The summed E-state index contributed by atoms with van der Waals surface area (Å²) in [6.45, 7) is 4.39. The predicted octanol–water partition coefficient (Wildman–Crippen LogP) is 3.58. The van der Waals surface area contributed by atoms with E-state index in [2.05, 4.69) is 5.32 Å². The van der Waals surface area contributed by atoms with Crippen molar-refractivity contribution in [2.75, 3.05) is 13.7 Å². The number of ether oxygens (including phenoxy) is 5. The number of amides is 1. The zero-order valence-electron chi connectivity index (χ0n) is 19.2. The van der Waals surface area contributed by atoms with Crippen LogP contribution in [0, 0.1) is 0 Å². The van der Waals surface area contributed by atoms with Crippen molar-refractivity contribution in [3.63, 3.8) is 0 Å². The second kappa shape index (κ2) is 11.8. The maximum atomic E-state index is 12.4. The van der Waals surface area contributed by atoms with E-state index < -0.39 is 36.1 Å². The Labute approximate surface area is 194 Å². The van der Waals surface area contributed by atoms with Crippen LogP contribution in [0.4, 0.5) is 4.79 Å². The van der Waals surface area contributed by atoms with Crippen LogP contribution < -0.4 is 5.32 Å². The molecular formula is C25H31NO7. The van der Waals surface area contributed by atoms with Crippen LogP contribution >= 0.6 is 0 Å². The highest BCUT2D eigenvalue weighted by atomic mass is 16.8. The highest BCUT2D eigenvalue weighted by Crippen LogP contribution is 2.31. The van der Waals surface area contributed by atoms with Crippen LogP contribution in [-0.4, -0.2) is 49.8 Å². The molecule has 8 heteroatoms. The fourth-order valence-electron chi connectivity index (χ4n) is 3.61. The summed E-state index contributed by atoms with van der Waals surface area (Å²) in [6.07, 6.45) is -1.48. The molecule has 178 valence electrons. The fourth-order valence-corrected chi connectivity index (χ4v) is 3.61. The molecule has 2 aromatic carbocycles. The van der Waals surface area contributed by atoms with E-state index in [9.17, 15) is 9.59 Å². The van der Waals surface area contributed by atoms with E-state index in [1.165, 1.54) is 7.11 Å². The Hall–Kier alpha value is -2.94. The largest absolute Gasteiger partial charge is 0.467 e. The lowest BCUT2D eigenvalue weighted by molar-refractivity contribution is -0.154. The second-order valence-electron chi connectivity index (χ2n) is 8.23. The molecule has 0 radical (unpaired) electrons. The summed E-state index contributed by atoms with van der Waals surface area (Å²) in [4.78, 5) is 24.7. The average Bonchev–Trinajstić information content (AvgIpc) is 3.11. The fraction of sp³-hybridized carbons (Fsp3) is 0.440. The van der Waals surface area contributed by atoms with E-state index in [-0.39, 0.29) is 19.6 Å². The smallest absolute Gasteiger partial charge is 0.408 e. The quantitative estimate of drug-likeness (QED) is 0.545. The van der Waals surface area contributed by atoms with Crippen LogP contribution in [0.3, 0.4) is 0 Å². The van der Waals surface area contributed by atoms with Crippen molar-refractivity contribution in [3.8, 4) is 0 Å². The number of benzene rings is 2. The molecule has 0 saturated carbocycles. The number of rotatable bonds is 10. The predicted molar refractivity (Wildman–Crippen MR) is 120 cm³/mol. The summed E-state index contributed by atoms with van der Waals surface area (Å²) < 4.78 is 27.9. The van der Waals surface area contributed by atoms with E-state index >= 15 is 0 Å². The van der Waals surface area contributed by atoms with Crippen LogP contribution in [0.15, 0.2) is 60.7 Å². The van der Waals surface area contributed by atoms with E-state index in [1.807, 2.05) is 60.7 Å². The van der Waals surface area contributed by atoms with E-state index in [0.717, 1.165) is 11.1 Å². The lowest BCUT2D eigenvalue weighted by atomic mass is 10.1. The first-order valence-electron chi connectivity index (χ1n) is 10.9. The van der Waals surface area contributed by atoms with Gasteiger partial charge in [-0.1, -0.05) is 60.7 Å². The number of carbonyl (C=O) groups excluding carboxylic acids is 2. The number of alkyl carbamates (subject to hydrolysis) is 1. The third-order valence-electron chi connectivity index (χ3n) is 5.14. The number of nitrogens with one attached hydrogen (secondary N) is 1. The number of methoxy groups -OCH3 is 1. The van der Waals surface area contributed by atoms with Gasteiger partial charge in [0.25, 0.3) is 0 Å². The van der Waals surface area contributed by atoms with Crippen molar-refractivity contribution in [2.45, 2.75) is 57.5 Å². The van der Waals surface area contributed by atoms with Gasteiger partial charge in [-0.3, -0.25) is 0 Å². The lowest BCUT2D eigenvalue weighted by Crippen LogP contribution is -2.45. The molecule has 1 fully saturated rings. The minimum absolute atomic E-state index is 0.0899. The Morgan fingerprint density at radius 3 is 2.12 bits per heavy atom. The molecule has 1 heterocycles. The number of carbonyl (C=O) groups is 2. The van der Waals surface area contributed by atoms with Gasteiger partial charge in [0.2, 0.25) is 0 Å². The van der Waals surface area contributed by atoms with Gasteiger partial charge in [-0.2, -0.15) is 0 Å². The Morgan fingerprint density at radius 2 is 1.52 bits per heavy atom. The van der Waals surface area contributed by atoms with E-state index in [4.69, 9.17) is 23.7 Å². The molecule has 1 saturated heterocycles. The van der Waals surface area contributed by atoms with Crippen LogP contribution in [0.5, 0.6) is 0 Å². The first kappa shape index (κ1) is 24.7. The van der Waals surface area contributed by atoms with Crippen molar-refractivity contribution in [2.24, 2.45) is 0 Å². The number of hydrogen-bond acceptors (Lipinski definition) is 7. The van der Waals surface area contributed by atoms with Crippen molar-refractivity contribution in [1.29, 1.82) is 0 Å². The van der Waals surface area contributed by atoms with Crippen LogP contribution in [-0.2, 0) is 41.7 Å². The molecule has 1 N–H and O–H groups in total. The normalized spacial score (nSPS) is 20.1. The summed E-state index contributed by atoms with van der Waals surface area (Å²) in [5, 5.41) is 2.58. The standard InChI is InChI=1S/C25H31NO7/c1-25(2)32-21(22(33-25)17-30-15-18-10-6-4-7-11-18)14-20(23(27)29-3)26-24(28)31-16-19-12-8-5-9-13-19/h4-13,20-22H,14-17H2,1-3H3,(H,26,28)/t20-,21+,22+/m1/s1. The molecule has 0 aliphatic carbocycles. The average molecular weight is 458 g/mol. The third-order valence-corrected chi connectivity index (χ3v) is 5.14. The minimum atomic E-state index is -0.961. The van der Waals surface area contributed by atoms with Crippen molar-refractivity contribution in [3.05, 3.63) is 71.8 Å². The number of hydrogen-bond donors (Lipinski definition) is 1. The summed E-state index contributed by atoms with van der Waals surface area (Å²) in [5.41, 5.74) is 1.88. The molecule has 0 bridgehead atoms. The monoisotopic (exact) mass is 457 g/mol. The van der Waals surface area contributed by atoms with Gasteiger partial charge in [0, 0.05) is 6.42 Å². The second-order valence-corrected chi connectivity index (χ2v) is 8.23. The summed E-state index contributed by atoms with van der Waals surface area (Å²) in [6, 6.07) is 18.1. The zero-order chi connectivity index (χ0) is 23.7. The Bertz CT molecular complexity index is 888. The maximum absolute atomic E-state index is 12.4. The van der Waals surface area contributed by atoms with Crippen LogP contribution in [0.1, 0.15) is 31.4 Å². The molecular weight excluding hydrogens is 426 g/mol. The van der Waals surface area contributed by atoms with Crippen molar-refractivity contribution in [1.82, 2.24) is 5.32 Å². The molecule has 8 nitrogen and oxygen atoms in total. The Kier molecular flexibility index (Phi) is 8.82. The molecule has 0 aromatic heterocycles. The van der Waals surface area contributed by atoms with Gasteiger partial charge >= 0.3 is 12.1 Å². The molecule has 0 spiro atoms. The minimum Gasteiger partial charge on any atom is -0.467 e. The molecule has 1 aliphatic heterocycles. The van der Waals surface area contributed by atoms with Crippen LogP contribution in [0.2, 0.25) is 0 Å². The maximum Gasteiger partial charge on any atom is 0.408 e. The van der Waals surface area contributed by atoms with Gasteiger partial charge in [-0.15, -0.1) is 0 Å². The van der Waals surface area contributed by atoms with Gasteiger partial charge < -0.3 is 29.0 Å². The Balaban J connectivity index is 1.56. The molecule has 3 atom stereocenters. The number of esters is 1. The van der Waals surface area contributed by atoms with Gasteiger partial charge in [0.1, 0.15) is 18.8 Å². The van der Waals surface area contributed by atoms with Crippen molar-refractivity contribution >= 4 is 12.1 Å². The highest BCUT2D eigenvalue weighted by Gasteiger charge is 2.43. The highest BCUT2D eigenvalue weighted by molar-refractivity contribution is 5.81. The molecule has 2 aromatic rings. The summed E-state index contributed by atoms with van der Waals surface area (Å²) in [7, 11) is 1.27. The molecule has 0 unspecified atom stereocenters. The van der Waals surface area contributed by atoms with E-state index in [0.29, 0.717) is 6.61 Å². The molecule has 3 rings (SSSR count). The van der Waals surface area contributed by atoms with Crippen LogP contribution in [0.25, 0.3) is 0 Å². The topological polar surface area (TPSA) is 92.3 Å². The van der Waals surface area contributed by atoms with Gasteiger partial charge in [0.05, 0.1) is 26.4 Å². The Morgan fingerprint density at radius 1 is 0.939 bits per heavy atom. The van der Waals surface area contributed by atoms with Gasteiger partial charge in [0.15, 0.2) is 5.79 Å². The third kappa shape index (κ3) is 7.85.